The van der Waals surface area contributed by atoms with Gasteiger partial charge < -0.3 is 0 Å². The fourth-order valence-electron chi connectivity index (χ4n) is 7.30. The van der Waals surface area contributed by atoms with E-state index in [1.54, 1.807) is 0 Å². The SMILES string of the molecule is CCCC1(CCCS)c2cc(-c3ccc(-c4ccccc4)cc3)ccc2-c2ccc(-c3ccc(-c4ccccc4)cc3)cc21. The van der Waals surface area contributed by atoms with Crippen LogP contribution in [0.1, 0.15) is 43.7 Å². The summed E-state index contributed by atoms with van der Waals surface area (Å²) in [6, 6.07) is 53.7. The standard InChI is InChI=1S/C43H38S/c1-2-26-43(27-9-28-44)41-29-37(35-18-14-33(15-19-35)31-10-5-3-6-11-31)22-24-39(41)40-25-23-38(30-42(40)43)36-20-16-34(17-21-36)32-12-7-4-8-13-32/h3-8,10-25,29-30,44H,2,9,26-28H2,1H3. The molecule has 6 aromatic rings. The summed E-state index contributed by atoms with van der Waals surface area (Å²) in [5, 5.41) is 0. The van der Waals surface area contributed by atoms with Crippen LogP contribution >= 0.6 is 12.6 Å². The van der Waals surface area contributed by atoms with Gasteiger partial charge in [-0.2, -0.15) is 12.6 Å². The average molecular weight is 587 g/mol. The van der Waals surface area contributed by atoms with Crippen molar-refractivity contribution in [3.63, 3.8) is 0 Å². The lowest BCUT2D eigenvalue weighted by molar-refractivity contribution is 0.437. The van der Waals surface area contributed by atoms with Gasteiger partial charge >= 0.3 is 0 Å². The lowest BCUT2D eigenvalue weighted by Gasteiger charge is -2.33. The Balaban J connectivity index is 1.28. The van der Waals surface area contributed by atoms with Gasteiger partial charge in [-0.15, -0.1) is 0 Å². The van der Waals surface area contributed by atoms with Crippen LogP contribution in [0.4, 0.5) is 0 Å². The molecule has 1 heteroatoms. The highest BCUT2D eigenvalue weighted by Crippen LogP contribution is 2.55. The van der Waals surface area contributed by atoms with Crippen LogP contribution in [0.3, 0.4) is 0 Å². The Hall–Kier alpha value is -4.33. The molecule has 0 nitrogen and oxygen atoms in total. The first kappa shape index (κ1) is 28.4. The molecule has 0 unspecified atom stereocenters. The molecule has 1 aliphatic rings. The molecular weight excluding hydrogens is 549 g/mol. The van der Waals surface area contributed by atoms with E-state index in [2.05, 4.69) is 165 Å². The Bertz CT molecular complexity index is 1730. The van der Waals surface area contributed by atoms with Crippen molar-refractivity contribution in [3.8, 4) is 55.6 Å². The molecule has 0 bridgehead atoms. The van der Waals surface area contributed by atoms with Crippen LogP contribution in [0, 0.1) is 0 Å². The molecule has 0 aliphatic heterocycles. The van der Waals surface area contributed by atoms with E-state index in [9.17, 15) is 0 Å². The lowest BCUT2D eigenvalue weighted by Crippen LogP contribution is -2.25. The van der Waals surface area contributed by atoms with Crippen molar-refractivity contribution in [1.82, 2.24) is 0 Å². The van der Waals surface area contributed by atoms with Crippen LogP contribution in [-0.4, -0.2) is 5.75 Å². The molecule has 0 radical (unpaired) electrons. The second kappa shape index (κ2) is 12.3. The fraction of sp³-hybridized carbons (Fsp3) is 0.163. The highest BCUT2D eigenvalue weighted by atomic mass is 32.1. The maximum absolute atomic E-state index is 4.67. The molecule has 0 saturated carbocycles. The third-order valence-corrected chi connectivity index (χ3v) is 9.77. The predicted octanol–water partition coefficient (Wildman–Crippen LogP) is 12.1. The number of benzene rings is 6. The zero-order valence-corrected chi connectivity index (χ0v) is 26.2. The summed E-state index contributed by atoms with van der Waals surface area (Å²) in [4.78, 5) is 0. The molecule has 7 rings (SSSR count). The van der Waals surface area contributed by atoms with Crippen LogP contribution in [0.2, 0.25) is 0 Å². The van der Waals surface area contributed by atoms with Crippen LogP contribution in [0.5, 0.6) is 0 Å². The van der Waals surface area contributed by atoms with Crippen molar-refractivity contribution in [2.75, 3.05) is 5.75 Å². The van der Waals surface area contributed by atoms with E-state index in [1.165, 1.54) is 66.8 Å². The van der Waals surface area contributed by atoms with Gasteiger partial charge in [-0.3, -0.25) is 0 Å². The number of hydrogen-bond donors (Lipinski definition) is 1. The monoisotopic (exact) mass is 586 g/mol. The first-order chi connectivity index (χ1) is 21.7. The number of thiol groups is 1. The molecule has 0 N–H and O–H groups in total. The minimum atomic E-state index is -0.0118. The molecule has 0 spiro atoms. The minimum absolute atomic E-state index is 0.0118. The third-order valence-electron chi connectivity index (χ3n) is 9.45. The summed E-state index contributed by atoms with van der Waals surface area (Å²) >= 11 is 4.67. The van der Waals surface area contributed by atoms with Gasteiger partial charge in [0.2, 0.25) is 0 Å². The van der Waals surface area contributed by atoms with Crippen LogP contribution in [0.15, 0.2) is 146 Å². The van der Waals surface area contributed by atoms with Gasteiger partial charge in [0.25, 0.3) is 0 Å². The van der Waals surface area contributed by atoms with E-state index < -0.39 is 0 Å². The van der Waals surface area contributed by atoms with Gasteiger partial charge in [-0.05, 0) is 104 Å². The van der Waals surface area contributed by atoms with Gasteiger partial charge in [0, 0.05) is 5.41 Å². The smallest absolute Gasteiger partial charge is 0.0215 e. The number of fused-ring (bicyclic) bond motifs is 3. The normalized spacial score (nSPS) is 13.0. The van der Waals surface area contributed by atoms with Crippen molar-refractivity contribution >= 4 is 12.6 Å². The molecule has 1 aliphatic carbocycles. The van der Waals surface area contributed by atoms with Crippen LogP contribution in [-0.2, 0) is 5.41 Å². The second-order valence-electron chi connectivity index (χ2n) is 12.1. The van der Waals surface area contributed by atoms with Crippen molar-refractivity contribution in [1.29, 1.82) is 0 Å². The Morgan fingerprint density at radius 3 is 1.18 bits per heavy atom. The lowest BCUT2D eigenvalue weighted by atomic mass is 9.71. The first-order valence-electron chi connectivity index (χ1n) is 15.9. The molecule has 6 aromatic carbocycles. The molecule has 0 aromatic heterocycles. The summed E-state index contributed by atoms with van der Waals surface area (Å²) in [6.07, 6.45) is 4.47. The maximum atomic E-state index is 4.67. The Morgan fingerprint density at radius 1 is 0.432 bits per heavy atom. The molecule has 0 fully saturated rings. The van der Waals surface area contributed by atoms with E-state index >= 15 is 0 Å². The van der Waals surface area contributed by atoms with E-state index in [0.29, 0.717) is 0 Å². The van der Waals surface area contributed by atoms with E-state index in [4.69, 9.17) is 0 Å². The summed E-state index contributed by atoms with van der Waals surface area (Å²) in [6.45, 7) is 2.33. The van der Waals surface area contributed by atoms with Gasteiger partial charge in [0.05, 0.1) is 0 Å². The van der Waals surface area contributed by atoms with Crippen molar-refractivity contribution < 1.29 is 0 Å². The Kier molecular flexibility index (Phi) is 7.98. The summed E-state index contributed by atoms with van der Waals surface area (Å²) in [5.74, 6) is 0.900. The summed E-state index contributed by atoms with van der Waals surface area (Å²) in [7, 11) is 0. The van der Waals surface area contributed by atoms with Crippen molar-refractivity contribution in [2.45, 2.75) is 38.0 Å². The zero-order chi connectivity index (χ0) is 29.9. The maximum Gasteiger partial charge on any atom is 0.0215 e. The van der Waals surface area contributed by atoms with Crippen molar-refractivity contribution in [2.24, 2.45) is 0 Å². The quantitative estimate of drug-likeness (QED) is 0.160. The van der Waals surface area contributed by atoms with Gasteiger partial charge in [-0.25, -0.2) is 0 Å². The van der Waals surface area contributed by atoms with Gasteiger partial charge in [0.1, 0.15) is 0 Å². The molecule has 0 saturated heterocycles. The molecule has 44 heavy (non-hydrogen) atoms. The average Bonchev–Trinajstić information content (AvgIpc) is 3.36. The molecular formula is C43H38S. The molecule has 216 valence electrons. The predicted molar refractivity (Wildman–Crippen MR) is 192 cm³/mol. The Labute approximate surface area is 267 Å². The van der Waals surface area contributed by atoms with Crippen LogP contribution in [0.25, 0.3) is 55.6 Å². The highest BCUT2D eigenvalue weighted by molar-refractivity contribution is 7.80. The van der Waals surface area contributed by atoms with Crippen molar-refractivity contribution in [3.05, 3.63) is 157 Å². The topological polar surface area (TPSA) is 0 Å². The largest absolute Gasteiger partial charge is 0.179 e. The van der Waals surface area contributed by atoms with E-state index in [1.807, 2.05) is 0 Å². The van der Waals surface area contributed by atoms with Gasteiger partial charge in [-0.1, -0.05) is 147 Å². The van der Waals surface area contributed by atoms with E-state index in [0.717, 1.165) is 31.4 Å². The number of hydrogen-bond acceptors (Lipinski definition) is 1. The molecule has 0 heterocycles. The van der Waals surface area contributed by atoms with Crippen LogP contribution < -0.4 is 0 Å². The summed E-state index contributed by atoms with van der Waals surface area (Å²) in [5.41, 5.74) is 15.9. The minimum Gasteiger partial charge on any atom is -0.179 e. The third kappa shape index (κ3) is 5.20. The fourth-order valence-corrected chi connectivity index (χ4v) is 7.46. The second-order valence-corrected chi connectivity index (χ2v) is 12.5. The molecule has 0 atom stereocenters. The summed E-state index contributed by atoms with van der Waals surface area (Å²) < 4.78 is 0. The first-order valence-corrected chi connectivity index (χ1v) is 16.6. The highest BCUT2D eigenvalue weighted by Gasteiger charge is 2.42. The van der Waals surface area contributed by atoms with E-state index in [-0.39, 0.29) is 5.41 Å². The molecule has 0 amide bonds. The zero-order valence-electron chi connectivity index (χ0n) is 25.3. The Morgan fingerprint density at radius 2 is 0.795 bits per heavy atom. The van der Waals surface area contributed by atoms with Gasteiger partial charge in [0.15, 0.2) is 0 Å². The number of rotatable bonds is 9.